The van der Waals surface area contributed by atoms with Crippen LogP contribution in [0, 0.1) is 23.2 Å². The number of carbonyl (C=O) groups is 2. The van der Waals surface area contributed by atoms with E-state index in [2.05, 4.69) is 19.2 Å². The molecule has 0 aromatic heterocycles. The van der Waals surface area contributed by atoms with E-state index in [1.54, 1.807) is 0 Å². The zero-order valence-corrected chi connectivity index (χ0v) is 17.3. The van der Waals surface area contributed by atoms with Crippen molar-refractivity contribution in [3.8, 4) is 0 Å². The number of rotatable bonds is 3. The summed E-state index contributed by atoms with van der Waals surface area (Å²) < 4.78 is 11.0. The van der Waals surface area contributed by atoms with Gasteiger partial charge in [0.15, 0.2) is 0 Å². The van der Waals surface area contributed by atoms with Crippen molar-refractivity contribution >= 4 is 28.5 Å². The van der Waals surface area contributed by atoms with Crippen LogP contribution in [0.1, 0.15) is 39.5 Å². The fraction of sp³-hybridized carbons (Fsp3) is 0.500. The number of methoxy groups -OCH3 is 1. The summed E-state index contributed by atoms with van der Waals surface area (Å²) in [7, 11) is 1.44. The van der Waals surface area contributed by atoms with Crippen LogP contribution in [0.3, 0.4) is 0 Å². The minimum Gasteiger partial charge on any atom is -0.469 e. The first kappa shape index (κ1) is 19.7. The normalized spacial score (nSPS) is 31.1. The molecule has 0 aliphatic heterocycles. The van der Waals surface area contributed by atoms with Gasteiger partial charge in [-0.05, 0) is 48.5 Å². The van der Waals surface area contributed by atoms with E-state index >= 15 is 0 Å². The Labute approximate surface area is 171 Å². The fourth-order valence-electron chi connectivity index (χ4n) is 5.57. The Hall–Kier alpha value is -2.56. The van der Waals surface area contributed by atoms with Crippen molar-refractivity contribution < 1.29 is 19.1 Å². The van der Waals surface area contributed by atoms with Crippen molar-refractivity contribution in [2.75, 3.05) is 12.4 Å². The van der Waals surface area contributed by atoms with Gasteiger partial charge in [0.1, 0.15) is 6.10 Å². The van der Waals surface area contributed by atoms with Gasteiger partial charge in [0.2, 0.25) is 0 Å². The minimum absolute atomic E-state index is 0.00281. The molecule has 1 amide bonds. The number of ether oxygens (including phenoxy) is 2. The second-order valence-electron chi connectivity index (χ2n) is 8.88. The molecule has 0 unspecified atom stereocenters. The highest BCUT2D eigenvalue weighted by Crippen LogP contribution is 2.57. The first-order chi connectivity index (χ1) is 13.9. The van der Waals surface area contributed by atoms with Crippen LogP contribution < -0.4 is 5.32 Å². The van der Waals surface area contributed by atoms with Gasteiger partial charge >= 0.3 is 12.1 Å². The van der Waals surface area contributed by atoms with Crippen molar-refractivity contribution in [2.45, 2.75) is 45.6 Å². The maximum absolute atomic E-state index is 12.8. The van der Waals surface area contributed by atoms with Crippen molar-refractivity contribution in [2.24, 2.45) is 23.2 Å². The lowest BCUT2D eigenvalue weighted by atomic mass is 9.60. The van der Waals surface area contributed by atoms with E-state index < -0.39 is 6.09 Å². The van der Waals surface area contributed by atoms with E-state index in [-0.39, 0.29) is 35.2 Å². The summed E-state index contributed by atoms with van der Waals surface area (Å²) in [5.74, 6) is -0.183. The Kier molecular flexibility index (Phi) is 5.24. The molecule has 0 saturated heterocycles. The van der Waals surface area contributed by atoms with Crippen molar-refractivity contribution in [1.82, 2.24) is 0 Å². The maximum Gasteiger partial charge on any atom is 0.411 e. The Morgan fingerprint density at radius 2 is 1.79 bits per heavy atom. The number of esters is 1. The number of hydrogen-bond donors (Lipinski definition) is 1. The zero-order chi connectivity index (χ0) is 20.6. The molecular formula is C24H29NO4. The van der Waals surface area contributed by atoms with Gasteiger partial charge in [0.25, 0.3) is 0 Å². The van der Waals surface area contributed by atoms with Gasteiger partial charge in [-0.2, -0.15) is 0 Å². The number of nitrogens with one attached hydrogen (secondary N) is 1. The topological polar surface area (TPSA) is 64.6 Å². The van der Waals surface area contributed by atoms with E-state index in [1.165, 1.54) is 7.11 Å². The highest BCUT2D eigenvalue weighted by Gasteiger charge is 2.56. The van der Waals surface area contributed by atoms with Crippen molar-refractivity contribution in [3.05, 3.63) is 42.5 Å². The minimum atomic E-state index is -0.461. The van der Waals surface area contributed by atoms with E-state index in [0.717, 1.165) is 42.1 Å². The van der Waals surface area contributed by atoms with Gasteiger partial charge in [0.05, 0.1) is 18.7 Å². The Morgan fingerprint density at radius 3 is 2.59 bits per heavy atom. The molecule has 0 spiro atoms. The monoisotopic (exact) mass is 395 g/mol. The van der Waals surface area contributed by atoms with Crippen LogP contribution in [0.4, 0.5) is 10.5 Å². The van der Waals surface area contributed by atoms with Crippen LogP contribution >= 0.6 is 0 Å². The molecule has 2 aromatic rings. The van der Waals surface area contributed by atoms with Crippen LogP contribution in [0.2, 0.25) is 0 Å². The molecule has 2 aliphatic carbocycles. The van der Waals surface area contributed by atoms with Crippen LogP contribution in [-0.2, 0) is 14.3 Å². The first-order valence-electron chi connectivity index (χ1n) is 10.5. The molecule has 0 heterocycles. The predicted octanol–water partition coefficient (Wildman–Crippen LogP) is 5.39. The number of amides is 1. The van der Waals surface area contributed by atoms with Crippen LogP contribution in [0.25, 0.3) is 10.8 Å². The Balaban J connectivity index is 1.53. The zero-order valence-electron chi connectivity index (χ0n) is 17.3. The predicted molar refractivity (Wildman–Crippen MR) is 113 cm³/mol. The van der Waals surface area contributed by atoms with Gasteiger partial charge in [-0.15, -0.1) is 0 Å². The maximum atomic E-state index is 12.8. The number of fused-ring (bicyclic) bond motifs is 2. The van der Waals surface area contributed by atoms with Gasteiger partial charge in [0, 0.05) is 11.3 Å². The fourth-order valence-corrected chi connectivity index (χ4v) is 5.57. The highest BCUT2D eigenvalue weighted by molar-refractivity contribution is 6.00. The molecule has 2 aliphatic rings. The quantitative estimate of drug-likeness (QED) is 0.708. The average Bonchev–Trinajstić information content (AvgIpc) is 3.04. The molecule has 2 saturated carbocycles. The number of hydrogen-bond acceptors (Lipinski definition) is 4. The standard InChI is InChI=1S/C24H29NO4/c1-15-11-13-24(2)14-12-19(21(24)20(15)22(26)28-3)29-23(27)25-18-10-6-8-16-7-4-5-9-17(16)18/h4-10,15,19-21H,11-14H2,1-3H3,(H,25,27)/t15-,19+,20-,21+,24+/m1/s1. The second kappa shape index (κ2) is 7.69. The smallest absolute Gasteiger partial charge is 0.411 e. The highest BCUT2D eigenvalue weighted by atomic mass is 16.6. The third-order valence-electron chi connectivity index (χ3n) is 7.13. The van der Waals surface area contributed by atoms with Crippen LogP contribution in [-0.4, -0.2) is 25.3 Å². The van der Waals surface area contributed by atoms with Crippen molar-refractivity contribution in [3.63, 3.8) is 0 Å². The average molecular weight is 395 g/mol. The molecular weight excluding hydrogens is 366 g/mol. The summed E-state index contributed by atoms with van der Waals surface area (Å²) >= 11 is 0. The van der Waals surface area contributed by atoms with Gasteiger partial charge in [-0.25, -0.2) is 4.79 Å². The van der Waals surface area contributed by atoms with E-state index in [9.17, 15) is 9.59 Å². The molecule has 5 nitrogen and oxygen atoms in total. The summed E-state index contributed by atoms with van der Waals surface area (Å²) in [6.45, 7) is 4.33. The first-order valence-corrected chi connectivity index (χ1v) is 10.5. The van der Waals surface area contributed by atoms with E-state index in [1.807, 2.05) is 42.5 Å². The van der Waals surface area contributed by atoms with Gasteiger partial charge < -0.3 is 9.47 Å². The summed E-state index contributed by atoms with van der Waals surface area (Å²) in [5.41, 5.74) is 0.742. The number of carbonyl (C=O) groups excluding carboxylic acids is 2. The third kappa shape index (κ3) is 3.59. The summed E-state index contributed by atoms with van der Waals surface area (Å²) in [6.07, 6.45) is 3.06. The van der Waals surface area contributed by atoms with Crippen LogP contribution in [0.15, 0.2) is 42.5 Å². The third-order valence-corrected chi connectivity index (χ3v) is 7.13. The lowest BCUT2D eigenvalue weighted by Crippen LogP contribution is -2.47. The van der Waals surface area contributed by atoms with Crippen molar-refractivity contribution in [1.29, 1.82) is 0 Å². The SMILES string of the molecule is COC(=O)[C@H]1[C@@H]2[C@@H](OC(=O)Nc3cccc4ccccc34)CC[C@]2(C)CC[C@H]1C. The molecule has 0 bridgehead atoms. The number of benzene rings is 2. The lowest BCUT2D eigenvalue weighted by molar-refractivity contribution is -0.157. The Morgan fingerprint density at radius 1 is 1.07 bits per heavy atom. The van der Waals surface area contributed by atoms with Gasteiger partial charge in [-0.3, -0.25) is 10.1 Å². The van der Waals surface area contributed by atoms with E-state index in [4.69, 9.17) is 9.47 Å². The molecule has 5 atom stereocenters. The molecule has 2 fully saturated rings. The molecule has 2 aromatic carbocycles. The number of anilines is 1. The molecule has 154 valence electrons. The molecule has 0 radical (unpaired) electrons. The molecule has 5 heteroatoms. The summed E-state index contributed by atoms with van der Waals surface area (Å²) in [5, 5.41) is 4.95. The molecule has 4 rings (SSSR count). The second-order valence-corrected chi connectivity index (χ2v) is 8.88. The van der Waals surface area contributed by atoms with Crippen LogP contribution in [0.5, 0.6) is 0 Å². The Bertz CT molecular complexity index is 921. The lowest BCUT2D eigenvalue weighted by Gasteiger charge is -2.45. The van der Waals surface area contributed by atoms with E-state index in [0.29, 0.717) is 0 Å². The molecule has 1 N–H and O–H groups in total. The molecule has 29 heavy (non-hydrogen) atoms. The van der Waals surface area contributed by atoms with Gasteiger partial charge in [-0.1, -0.05) is 50.2 Å². The summed E-state index contributed by atoms with van der Waals surface area (Å²) in [6, 6.07) is 13.7. The largest absolute Gasteiger partial charge is 0.469 e. The summed E-state index contributed by atoms with van der Waals surface area (Å²) in [4.78, 5) is 25.3.